The monoisotopic (exact) mass is 351 g/mol. The number of carboxylic acids is 1. The Kier molecular flexibility index (Phi) is 8.59. The Balaban J connectivity index is 0.00000264. The molecule has 1 heterocycles. The molecule has 1 aromatic carbocycles. The SMILES string of the molecule is C[C@@H]1OC(ONc2ccc(CC(=O)[O-])cc2)[C@H](O)[C@H](O)[C@H]1O.[K+]. The summed E-state index contributed by atoms with van der Waals surface area (Å²) in [6.45, 7) is 1.55. The Morgan fingerprint density at radius 2 is 1.83 bits per heavy atom. The molecule has 0 saturated carbocycles. The quantitative estimate of drug-likeness (QED) is 0.307. The summed E-state index contributed by atoms with van der Waals surface area (Å²) in [5.74, 6) is -1.17. The second-order valence-electron chi connectivity index (χ2n) is 5.15. The summed E-state index contributed by atoms with van der Waals surface area (Å²) < 4.78 is 5.25. The molecular weight excluding hydrogens is 333 g/mol. The van der Waals surface area contributed by atoms with E-state index in [1.165, 1.54) is 0 Å². The Morgan fingerprint density at radius 3 is 2.39 bits per heavy atom. The third-order valence-electron chi connectivity index (χ3n) is 3.40. The molecule has 1 aliphatic rings. The molecular formula is C14H18KNO7. The number of carbonyl (C=O) groups excluding carboxylic acids is 1. The van der Waals surface area contributed by atoms with E-state index in [9.17, 15) is 25.2 Å². The summed E-state index contributed by atoms with van der Waals surface area (Å²) in [6.07, 6.45) is -6.02. The van der Waals surface area contributed by atoms with Crippen molar-refractivity contribution < 1.29 is 86.2 Å². The molecule has 0 aromatic heterocycles. The number of anilines is 1. The summed E-state index contributed by atoms with van der Waals surface area (Å²) in [5, 5.41) is 39.5. The minimum absolute atomic E-state index is 0. The van der Waals surface area contributed by atoms with Crippen molar-refractivity contribution in [1.29, 1.82) is 0 Å². The van der Waals surface area contributed by atoms with Gasteiger partial charge in [-0.3, -0.25) is 5.48 Å². The second-order valence-corrected chi connectivity index (χ2v) is 5.15. The van der Waals surface area contributed by atoms with E-state index in [0.29, 0.717) is 11.3 Å². The number of benzene rings is 1. The zero-order valence-corrected chi connectivity index (χ0v) is 16.0. The van der Waals surface area contributed by atoms with E-state index in [1.807, 2.05) is 0 Å². The minimum Gasteiger partial charge on any atom is -0.550 e. The Morgan fingerprint density at radius 1 is 1.22 bits per heavy atom. The smallest absolute Gasteiger partial charge is 0.550 e. The van der Waals surface area contributed by atoms with Gasteiger partial charge in [0.05, 0.1) is 11.8 Å². The van der Waals surface area contributed by atoms with Crippen LogP contribution in [0, 0.1) is 0 Å². The fraction of sp³-hybridized carbons (Fsp3) is 0.500. The minimum atomic E-state index is -1.41. The normalized spacial score (nSPS) is 30.3. The van der Waals surface area contributed by atoms with E-state index in [0.717, 1.165) is 0 Å². The van der Waals surface area contributed by atoms with Crippen molar-refractivity contribution in [2.75, 3.05) is 5.48 Å². The fourth-order valence-corrected chi connectivity index (χ4v) is 2.09. The Bertz CT molecular complexity index is 512. The molecule has 0 bridgehead atoms. The molecule has 1 fully saturated rings. The maximum absolute atomic E-state index is 10.5. The summed E-state index contributed by atoms with van der Waals surface area (Å²) >= 11 is 0. The molecule has 1 aromatic rings. The van der Waals surface area contributed by atoms with Gasteiger partial charge in [-0.2, -0.15) is 0 Å². The molecule has 0 amide bonds. The van der Waals surface area contributed by atoms with E-state index in [4.69, 9.17) is 9.57 Å². The van der Waals surface area contributed by atoms with Crippen LogP contribution in [0.5, 0.6) is 0 Å². The maximum atomic E-state index is 10.5. The van der Waals surface area contributed by atoms with Crippen molar-refractivity contribution in [2.24, 2.45) is 0 Å². The molecule has 1 saturated heterocycles. The Hall–Kier alpha value is -0.0736. The van der Waals surface area contributed by atoms with Crippen molar-refractivity contribution >= 4 is 11.7 Å². The number of hydrogen-bond acceptors (Lipinski definition) is 8. The topological polar surface area (TPSA) is 131 Å². The molecule has 5 atom stereocenters. The van der Waals surface area contributed by atoms with Gasteiger partial charge in [0, 0.05) is 12.4 Å². The van der Waals surface area contributed by atoms with Crippen molar-refractivity contribution in [3.05, 3.63) is 29.8 Å². The molecule has 1 aliphatic heterocycles. The van der Waals surface area contributed by atoms with Gasteiger partial charge in [-0.25, -0.2) is 4.84 Å². The average molecular weight is 351 g/mol. The van der Waals surface area contributed by atoms with Crippen LogP contribution >= 0.6 is 0 Å². The molecule has 0 aliphatic carbocycles. The van der Waals surface area contributed by atoms with E-state index < -0.39 is 36.7 Å². The number of hydrogen-bond donors (Lipinski definition) is 4. The van der Waals surface area contributed by atoms with E-state index >= 15 is 0 Å². The molecule has 4 N–H and O–H groups in total. The number of ether oxygens (including phenoxy) is 1. The van der Waals surface area contributed by atoms with Gasteiger partial charge in [-0.1, -0.05) is 12.1 Å². The van der Waals surface area contributed by atoms with Crippen molar-refractivity contribution in [2.45, 2.75) is 44.1 Å². The van der Waals surface area contributed by atoms with Gasteiger partial charge in [0.1, 0.15) is 18.3 Å². The molecule has 2 rings (SSSR count). The summed E-state index contributed by atoms with van der Waals surface area (Å²) in [5.41, 5.74) is 3.62. The van der Waals surface area contributed by atoms with Crippen LogP contribution in [0.25, 0.3) is 0 Å². The molecule has 9 heteroatoms. The van der Waals surface area contributed by atoms with E-state index in [1.54, 1.807) is 31.2 Å². The van der Waals surface area contributed by atoms with Crippen LogP contribution in [0.3, 0.4) is 0 Å². The van der Waals surface area contributed by atoms with Gasteiger partial charge in [0.2, 0.25) is 6.29 Å². The number of carboxylic acid groups (broad SMARTS) is 1. The third-order valence-corrected chi connectivity index (χ3v) is 3.40. The predicted molar refractivity (Wildman–Crippen MR) is 72.2 cm³/mol. The van der Waals surface area contributed by atoms with Crippen molar-refractivity contribution in [3.63, 3.8) is 0 Å². The number of rotatable bonds is 5. The third kappa shape index (κ3) is 5.75. The summed E-state index contributed by atoms with van der Waals surface area (Å²) in [7, 11) is 0. The van der Waals surface area contributed by atoms with Crippen LogP contribution in [-0.4, -0.2) is 52.0 Å². The van der Waals surface area contributed by atoms with Crippen LogP contribution in [-0.2, 0) is 20.8 Å². The van der Waals surface area contributed by atoms with Crippen LogP contribution in [0.15, 0.2) is 24.3 Å². The fourth-order valence-electron chi connectivity index (χ4n) is 2.09. The van der Waals surface area contributed by atoms with Gasteiger partial charge in [-0.15, -0.1) is 0 Å². The van der Waals surface area contributed by atoms with Gasteiger partial charge in [-0.05, 0) is 24.6 Å². The molecule has 8 nitrogen and oxygen atoms in total. The first-order valence-corrected chi connectivity index (χ1v) is 6.78. The van der Waals surface area contributed by atoms with Crippen LogP contribution in [0.2, 0.25) is 0 Å². The van der Waals surface area contributed by atoms with Crippen LogP contribution in [0.1, 0.15) is 12.5 Å². The van der Waals surface area contributed by atoms with Gasteiger partial charge in [0.15, 0.2) is 0 Å². The summed E-state index contributed by atoms with van der Waals surface area (Å²) in [4.78, 5) is 15.6. The average Bonchev–Trinajstić information content (AvgIpc) is 2.48. The zero-order valence-electron chi connectivity index (χ0n) is 12.9. The van der Waals surface area contributed by atoms with Gasteiger partial charge >= 0.3 is 51.4 Å². The van der Waals surface area contributed by atoms with Gasteiger partial charge < -0.3 is 30.0 Å². The predicted octanol–water partition coefficient (Wildman–Crippen LogP) is -4.85. The maximum Gasteiger partial charge on any atom is 1.00 e. The van der Waals surface area contributed by atoms with Crippen LogP contribution in [0.4, 0.5) is 5.69 Å². The largest absolute Gasteiger partial charge is 1.00 e. The second kappa shape index (κ2) is 9.42. The van der Waals surface area contributed by atoms with Crippen LogP contribution < -0.4 is 62.0 Å². The first kappa shape index (κ1) is 21.0. The summed E-state index contributed by atoms with van der Waals surface area (Å²) in [6, 6.07) is 6.34. The van der Waals surface area contributed by atoms with E-state index in [-0.39, 0.29) is 57.8 Å². The number of nitrogens with one attached hydrogen (secondary N) is 1. The molecule has 122 valence electrons. The number of aliphatic hydroxyl groups is 3. The number of aliphatic hydroxyl groups excluding tert-OH is 3. The molecule has 1 unspecified atom stereocenters. The van der Waals surface area contributed by atoms with Gasteiger partial charge in [0.25, 0.3) is 0 Å². The first-order valence-electron chi connectivity index (χ1n) is 6.78. The first-order chi connectivity index (χ1) is 10.4. The van der Waals surface area contributed by atoms with Crippen molar-refractivity contribution in [3.8, 4) is 0 Å². The number of carbonyl (C=O) groups is 1. The Labute approximate surface area is 175 Å². The molecule has 0 spiro atoms. The standard InChI is InChI=1S/C14H19NO7.K/c1-7-11(18)12(19)13(20)14(21-7)22-15-9-4-2-8(3-5-9)6-10(16)17;/h2-5,7,11-15,18-20H,6H2,1H3,(H,16,17);/q;+1/p-1/t7-,11-,12+,13+,14?;/m0./s1. The van der Waals surface area contributed by atoms with Crippen molar-refractivity contribution in [1.82, 2.24) is 0 Å². The van der Waals surface area contributed by atoms with E-state index in [2.05, 4.69) is 5.48 Å². The number of aliphatic carboxylic acids is 1. The molecule has 0 radical (unpaired) electrons. The zero-order chi connectivity index (χ0) is 16.3. The molecule has 23 heavy (non-hydrogen) atoms.